The molecule has 8 rings (SSSR count). The van der Waals surface area contributed by atoms with Gasteiger partial charge in [-0.25, -0.2) is 22.0 Å². The van der Waals surface area contributed by atoms with Gasteiger partial charge in [0.15, 0.2) is 17.5 Å². The highest BCUT2D eigenvalue weighted by atomic mass is 28.3. The summed E-state index contributed by atoms with van der Waals surface area (Å²) in [6.07, 6.45) is 2.27. The standard InChI is InChI=1S/C43H50F5N5OSi/c1-24(2)55(25(3)4,26(5)6)18-14-29-34-27(19-33(45)35(29)46)11-9-13-30(34)38-37(48)39-32(21-49-38)41(53-17-8-7-12-31-36(47)40(31)53)51-42(50-39)54-23-43-15-10-16-52(43)22-28(44)20-43/h9,11,13,19,21,24-26,28,31,36,40H,7-8,10,12,15-17,20,22-23H2,1-6H3/t28-,31+,36+,40+,43+/m1/s1/i23D2. The summed E-state index contributed by atoms with van der Waals surface area (Å²) >= 11 is 0. The quantitative estimate of drug-likeness (QED) is 0.101. The number of rotatable bonds is 8. The number of halogens is 5. The highest BCUT2D eigenvalue weighted by Crippen LogP contribution is 2.48. The lowest BCUT2D eigenvalue weighted by Crippen LogP contribution is -2.43. The first-order valence-corrected chi connectivity index (χ1v) is 22.0. The summed E-state index contributed by atoms with van der Waals surface area (Å²) < 4.78 is 103. The summed E-state index contributed by atoms with van der Waals surface area (Å²) in [5.74, 6) is -0.0758. The highest BCUT2D eigenvalue weighted by Gasteiger charge is 2.56. The van der Waals surface area contributed by atoms with Crippen molar-refractivity contribution in [3.05, 3.63) is 53.5 Å². The Morgan fingerprint density at radius 2 is 1.76 bits per heavy atom. The summed E-state index contributed by atoms with van der Waals surface area (Å²) in [4.78, 5) is 17.3. The Bertz CT molecular complexity index is 2280. The van der Waals surface area contributed by atoms with Gasteiger partial charge in [0.25, 0.3) is 0 Å². The predicted octanol–water partition coefficient (Wildman–Crippen LogP) is 10.1. The number of anilines is 1. The van der Waals surface area contributed by atoms with Gasteiger partial charge in [-0.2, -0.15) is 9.97 Å². The van der Waals surface area contributed by atoms with Gasteiger partial charge < -0.3 is 9.64 Å². The fraction of sp³-hybridized carbons (Fsp3) is 0.558. The van der Waals surface area contributed by atoms with Crippen molar-refractivity contribution in [2.45, 2.75) is 121 Å². The molecule has 12 heteroatoms. The number of benzene rings is 2. The van der Waals surface area contributed by atoms with E-state index in [2.05, 4.69) is 68.0 Å². The van der Waals surface area contributed by atoms with Crippen LogP contribution >= 0.6 is 0 Å². The fourth-order valence-electron chi connectivity index (χ4n) is 10.3. The van der Waals surface area contributed by atoms with E-state index < -0.39 is 62.0 Å². The van der Waals surface area contributed by atoms with Crippen LogP contribution in [-0.2, 0) is 0 Å². The van der Waals surface area contributed by atoms with Crippen LogP contribution in [0.15, 0.2) is 30.5 Å². The third-order valence-electron chi connectivity index (χ3n) is 13.0. The first kappa shape index (κ1) is 35.6. The van der Waals surface area contributed by atoms with Gasteiger partial charge in [0.05, 0.1) is 25.3 Å². The van der Waals surface area contributed by atoms with Gasteiger partial charge in [-0.05, 0) is 60.3 Å². The van der Waals surface area contributed by atoms with E-state index in [4.69, 9.17) is 7.48 Å². The van der Waals surface area contributed by atoms with Gasteiger partial charge in [0, 0.05) is 42.6 Å². The third-order valence-corrected chi connectivity index (χ3v) is 19.3. The molecule has 0 bridgehead atoms. The molecule has 0 N–H and O–H groups in total. The van der Waals surface area contributed by atoms with Crippen LogP contribution in [-0.4, -0.2) is 78.0 Å². The molecule has 0 amide bonds. The van der Waals surface area contributed by atoms with Crippen molar-refractivity contribution in [2.24, 2.45) is 5.92 Å². The number of alkyl halides is 2. The van der Waals surface area contributed by atoms with Crippen LogP contribution in [0.2, 0.25) is 16.6 Å². The maximum absolute atomic E-state index is 17.4. The van der Waals surface area contributed by atoms with E-state index in [1.165, 1.54) is 6.20 Å². The molecule has 292 valence electrons. The first-order valence-electron chi connectivity index (χ1n) is 20.8. The van der Waals surface area contributed by atoms with Crippen LogP contribution in [0.25, 0.3) is 32.9 Å². The number of hydrogen-bond acceptors (Lipinski definition) is 6. The normalized spacial score (nSPS) is 26.3. The van der Waals surface area contributed by atoms with Gasteiger partial charge >= 0.3 is 6.01 Å². The van der Waals surface area contributed by atoms with E-state index in [1.54, 1.807) is 28.0 Å². The Morgan fingerprint density at radius 3 is 2.51 bits per heavy atom. The van der Waals surface area contributed by atoms with Crippen LogP contribution in [0.1, 0.15) is 88.4 Å². The molecule has 3 saturated heterocycles. The smallest absolute Gasteiger partial charge is 0.319 e. The second-order valence-electron chi connectivity index (χ2n) is 17.0. The molecule has 4 fully saturated rings. The van der Waals surface area contributed by atoms with Crippen molar-refractivity contribution < 1.29 is 29.4 Å². The molecule has 4 aromatic rings. The molecule has 0 spiro atoms. The van der Waals surface area contributed by atoms with Crippen LogP contribution < -0.4 is 9.64 Å². The van der Waals surface area contributed by atoms with Crippen molar-refractivity contribution in [3.8, 4) is 28.7 Å². The largest absolute Gasteiger partial charge is 0.461 e. The monoisotopic (exact) mass is 777 g/mol. The summed E-state index contributed by atoms with van der Waals surface area (Å²) in [6.45, 7) is 11.3. The molecule has 5 heterocycles. The number of ether oxygens (including phenoxy) is 1. The Kier molecular flexibility index (Phi) is 9.24. The molecular formula is C43H50F5N5OSi. The topological polar surface area (TPSA) is 54.4 Å². The zero-order valence-electron chi connectivity index (χ0n) is 34.3. The molecule has 4 aliphatic rings. The molecule has 2 aromatic heterocycles. The van der Waals surface area contributed by atoms with Crippen molar-refractivity contribution in [3.63, 3.8) is 0 Å². The van der Waals surface area contributed by atoms with Crippen molar-refractivity contribution in [2.75, 3.05) is 31.1 Å². The second-order valence-corrected chi connectivity index (χ2v) is 22.6. The number of fused-ring (bicyclic) bond motifs is 4. The van der Waals surface area contributed by atoms with E-state index in [1.807, 2.05) is 0 Å². The van der Waals surface area contributed by atoms with Gasteiger partial charge in [0.1, 0.15) is 44.0 Å². The third kappa shape index (κ3) is 6.28. The first-order chi connectivity index (χ1) is 27.0. The van der Waals surface area contributed by atoms with Gasteiger partial charge in [-0.1, -0.05) is 72.1 Å². The molecule has 0 unspecified atom stereocenters. The Morgan fingerprint density at radius 1 is 1.00 bits per heavy atom. The predicted molar refractivity (Wildman–Crippen MR) is 210 cm³/mol. The summed E-state index contributed by atoms with van der Waals surface area (Å²) in [5.41, 5.74) is 2.42. The molecular weight excluding hydrogens is 726 g/mol. The number of aromatic nitrogens is 3. The average Bonchev–Trinajstić information content (AvgIpc) is 3.50. The van der Waals surface area contributed by atoms with Gasteiger partial charge in [-0.15, -0.1) is 5.54 Å². The van der Waals surface area contributed by atoms with Crippen LogP contribution in [0, 0.1) is 34.8 Å². The zero-order chi connectivity index (χ0) is 40.8. The minimum Gasteiger partial charge on any atom is -0.461 e. The number of pyridine rings is 1. The zero-order valence-corrected chi connectivity index (χ0v) is 33.3. The molecule has 6 nitrogen and oxygen atoms in total. The lowest BCUT2D eigenvalue weighted by atomic mass is 9.95. The molecule has 5 atom stereocenters. The van der Waals surface area contributed by atoms with E-state index in [9.17, 15) is 4.39 Å². The van der Waals surface area contributed by atoms with Crippen LogP contribution in [0.3, 0.4) is 0 Å². The molecule has 3 aliphatic heterocycles. The minimum atomic E-state index is -2.46. The van der Waals surface area contributed by atoms with Crippen molar-refractivity contribution >= 4 is 35.6 Å². The molecule has 55 heavy (non-hydrogen) atoms. The molecule has 1 saturated carbocycles. The highest BCUT2D eigenvalue weighted by molar-refractivity contribution is 6.90. The minimum absolute atomic E-state index is 0.0686. The van der Waals surface area contributed by atoms with Crippen LogP contribution in [0.5, 0.6) is 6.01 Å². The SMILES string of the molecule is [2H]C([2H])(Oc1nc(N2CCCC[C@H]3[C@H](F)[C@H]32)c2cnc(-c3cccc4cc(F)c(F)c(C#C[Si](C(C)C)(C(C)C)C(C)C)c34)c(F)c2n1)[C@@]12CCCN1C[C@H](F)C2. The summed E-state index contributed by atoms with van der Waals surface area (Å²) in [7, 11) is -2.42. The van der Waals surface area contributed by atoms with E-state index in [0.29, 0.717) is 37.7 Å². The maximum atomic E-state index is 17.4. The molecule has 2 aromatic carbocycles. The van der Waals surface area contributed by atoms with Crippen LogP contribution in [0.4, 0.5) is 27.8 Å². The summed E-state index contributed by atoms with van der Waals surface area (Å²) in [6, 6.07) is 4.91. The molecule has 0 radical (unpaired) electrons. The Hall–Kier alpha value is -3.82. The van der Waals surface area contributed by atoms with Crippen molar-refractivity contribution in [1.82, 2.24) is 19.9 Å². The van der Waals surface area contributed by atoms with E-state index >= 15 is 17.6 Å². The van der Waals surface area contributed by atoms with Gasteiger partial charge in [-0.3, -0.25) is 9.88 Å². The lowest BCUT2D eigenvalue weighted by molar-refractivity contribution is 0.107. The second kappa shape index (κ2) is 14.3. The van der Waals surface area contributed by atoms with Crippen molar-refractivity contribution in [1.29, 1.82) is 0 Å². The summed E-state index contributed by atoms with van der Waals surface area (Å²) in [5, 5.41) is 0.685. The maximum Gasteiger partial charge on any atom is 0.319 e. The Labute approximate surface area is 324 Å². The lowest BCUT2D eigenvalue weighted by Gasteiger charge is -2.38. The number of nitrogens with zero attached hydrogens (tertiary/aromatic N) is 5. The number of hydrogen-bond donors (Lipinski definition) is 0. The average molecular weight is 778 g/mol. The van der Waals surface area contributed by atoms with E-state index in [-0.39, 0.29) is 74.4 Å². The van der Waals surface area contributed by atoms with Gasteiger partial charge in [0.2, 0.25) is 0 Å². The Balaban J connectivity index is 1.33. The van der Waals surface area contributed by atoms with E-state index in [0.717, 1.165) is 18.9 Å². The fourth-order valence-corrected chi connectivity index (χ4v) is 15.5. The molecule has 1 aliphatic carbocycles.